The van der Waals surface area contributed by atoms with Crippen LogP contribution in [0.1, 0.15) is 6.92 Å². The van der Waals surface area contributed by atoms with Gasteiger partial charge in [-0.25, -0.2) is 4.79 Å². The second kappa shape index (κ2) is 5.72. The maximum atomic E-state index is 11.2. The summed E-state index contributed by atoms with van der Waals surface area (Å²) in [6.07, 6.45) is -0.728. The quantitative estimate of drug-likeness (QED) is 0.910. The summed E-state index contributed by atoms with van der Waals surface area (Å²) >= 11 is 11.5. The average Bonchev–Trinajstić information content (AvgIpc) is 2.12. The van der Waals surface area contributed by atoms with Gasteiger partial charge in [-0.3, -0.25) is 10.1 Å². The molecule has 0 aliphatic carbocycles. The van der Waals surface area contributed by atoms with Gasteiger partial charge in [0.2, 0.25) is 0 Å². The molecule has 1 aromatic carbocycles. The van der Waals surface area contributed by atoms with Gasteiger partial charge in [-0.05, 0) is 25.1 Å². The van der Waals surface area contributed by atoms with E-state index >= 15 is 0 Å². The van der Waals surface area contributed by atoms with Gasteiger partial charge < -0.3 is 4.74 Å². The van der Waals surface area contributed by atoms with Crippen molar-refractivity contribution < 1.29 is 14.3 Å². The number of Topliss-reactive ketones (excluding diaryl/α,β-unsaturated/α-hetero) is 1. The molecule has 1 rings (SSSR count). The smallest absolute Gasteiger partial charge is 0.412 e. The number of rotatable bonds is 3. The predicted molar refractivity (Wildman–Crippen MR) is 62.1 cm³/mol. The maximum absolute atomic E-state index is 11.2. The molecule has 4 nitrogen and oxygen atoms in total. The zero-order chi connectivity index (χ0) is 12.1. The van der Waals surface area contributed by atoms with E-state index < -0.39 is 6.09 Å². The summed E-state index contributed by atoms with van der Waals surface area (Å²) < 4.78 is 4.60. The van der Waals surface area contributed by atoms with E-state index in [0.717, 1.165) is 0 Å². The number of ether oxygens (including phenoxy) is 1. The Kier molecular flexibility index (Phi) is 4.58. The van der Waals surface area contributed by atoms with Crippen molar-refractivity contribution in [3.8, 4) is 0 Å². The molecule has 1 N–H and O–H groups in total. The highest BCUT2D eigenvalue weighted by atomic mass is 35.5. The van der Waals surface area contributed by atoms with Crippen LogP contribution in [0.2, 0.25) is 10.0 Å². The number of benzene rings is 1. The minimum Gasteiger partial charge on any atom is -0.441 e. The second-order valence-electron chi connectivity index (χ2n) is 3.06. The molecule has 0 bridgehead atoms. The summed E-state index contributed by atoms with van der Waals surface area (Å²) in [5.41, 5.74) is 0.408. The fourth-order valence-electron chi connectivity index (χ4n) is 0.947. The minimum absolute atomic E-state index is 0.237. The molecule has 0 unspecified atom stereocenters. The Balaban J connectivity index is 2.59. The Morgan fingerprint density at radius 2 is 1.81 bits per heavy atom. The van der Waals surface area contributed by atoms with Gasteiger partial charge in [-0.2, -0.15) is 0 Å². The van der Waals surface area contributed by atoms with E-state index in [1.807, 2.05) is 0 Å². The van der Waals surface area contributed by atoms with Crippen LogP contribution in [0.15, 0.2) is 18.2 Å². The lowest BCUT2D eigenvalue weighted by molar-refractivity contribution is -0.119. The van der Waals surface area contributed by atoms with E-state index in [-0.39, 0.29) is 12.4 Å². The standard InChI is InChI=1S/C10H9Cl2NO3/c1-6(14)5-16-10(15)13-9-3-7(11)2-8(12)4-9/h2-4H,5H2,1H3,(H,13,15). The van der Waals surface area contributed by atoms with Gasteiger partial charge in [-0.15, -0.1) is 0 Å². The van der Waals surface area contributed by atoms with Crippen molar-refractivity contribution in [2.24, 2.45) is 0 Å². The molecule has 0 radical (unpaired) electrons. The summed E-state index contributed by atoms with van der Waals surface area (Å²) in [6, 6.07) is 4.57. The number of anilines is 1. The minimum atomic E-state index is -0.728. The van der Waals surface area contributed by atoms with Crippen molar-refractivity contribution in [3.05, 3.63) is 28.2 Å². The number of hydrogen-bond donors (Lipinski definition) is 1. The largest absolute Gasteiger partial charge is 0.441 e. The summed E-state index contributed by atoms with van der Waals surface area (Å²) in [5, 5.41) is 3.19. The molecule has 0 saturated heterocycles. The fourth-order valence-corrected chi connectivity index (χ4v) is 1.47. The number of ketones is 1. The first kappa shape index (κ1) is 12.8. The Labute approximate surface area is 102 Å². The van der Waals surface area contributed by atoms with Crippen LogP contribution in [0.25, 0.3) is 0 Å². The molecule has 0 saturated carbocycles. The van der Waals surface area contributed by atoms with Crippen molar-refractivity contribution in [2.45, 2.75) is 6.92 Å². The molecule has 1 amide bonds. The Bertz CT molecular complexity index is 400. The van der Waals surface area contributed by atoms with E-state index in [0.29, 0.717) is 15.7 Å². The van der Waals surface area contributed by atoms with Crippen LogP contribution in [0, 0.1) is 0 Å². The molecule has 16 heavy (non-hydrogen) atoms. The zero-order valence-electron chi connectivity index (χ0n) is 8.42. The van der Waals surface area contributed by atoms with Gasteiger partial charge >= 0.3 is 6.09 Å². The monoisotopic (exact) mass is 261 g/mol. The molecule has 0 aliphatic rings. The first-order valence-corrected chi connectivity index (χ1v) is 5.12. The molecule has 86 valence electrons. The van der Waals surface area contributed by atoms with Crippen molar-refractivity contribution in [3.63, 3.8) is 0 Å². The summed E-state index contributed by atoms with van der Waals surface area (Å²) in [5.74, 6) is -0.237. The average molecular weight is 262 g/mol. The zero-order valence-corrected chi connectivity index (χ0v) is 9.93. The van der Waals surface area contributed by atoms with E-state index in [4.69, 9.17) is 23.2 Å². The lowest BCUT2D eigenvalue weighted by atomic mass is 10.3. The van der Waals surface area contributed by atoms with Gasteiger partial charge in [-0.1, -0.05) is 23.2 Å². The molecule has 0 spiro atoms. The van der Waals surface area contributed by atoms with E-state index in [1.54, 1.807) is 0 Å². The van der Waals surface area contributed by atoms with E-state index in [9.17, 15) is 9.59 Å². The Morgan fingerprint density at radius 1 is 1.25 bits per heavy atom. The third kappa shape index (κ3) is 4.51. The molecule has 0 heterocycles. The van der Waals surface area contributed by atoms with Crippen molar-refractivity contribution in [1.82, 2.24) is 0 Å². The molecule has 6 heteroatoms. The highest BCUT2D eigenvalue weighted by Gasteiger charge is 2.05. The number of halogens is 2. The fraction of sp³-hybridized carbons (Fsp3) is 0.200. The second-order valence-corrected chi connectivity index (χ2v) is 3.93. The third-order valence-electron chi connectivity index (χ3n) is 1.52. The number of nitrogens with one attached hydrogen (secondary N) is 1. The molecular weight excluding hydrogens is 253 g/mol. The molecule has 1 aromatic rings. The highest BCUT2D eigenvalue weighted by Crippen LogP contribution is 2.22. The van der Waals surface area contributed by atoms with Crippen LogP contribution in [0.4, 0.5) is 10.5 Å². The Morgan fingerprint density at radius 3 is 2.31 bits per heavy atom. The maximum Gasteiger partial charge on any atom is 0.412 e. The van der Waals surface area contributed by atoms with E-state index in [2.05, 4.69) is 10.1 Å². The lowest BCUT2D eigenvalue weighted by Gasteiger charge is -2.06. The third-order valence-corrected chi connectivity index (χ3v) is 1.95. The number of carbonyl (C=O) groups is 2. The van der Waals surface area contributed by atoms with Gasteiger partial charge in [0.15, 0.2) is 12.4 Å². The van der Waals surface area contributed by atoms with Crippen LogP contribution in [-0.2, 0) is 9.53 Å². The van der Waals surface area contributed by atoms with Crippen molar-refractivity contribution in [2.75, 3.05) is 11.9 Å². The van der Waals surface area contributed by atoms with Crippen LogP contribution in [0.3, 0.4) is 0 Å². The van der Waals surface area contributed by atoms with E-state index in [1.165, 1.54) is 25.1 Å². The first-order valence-electron chi connectivity index (χ1n) is 4.36. The Hall–Kier alpha value is -1.26. The first-order chi connectivity index (χ1) is 7.47. The van der Waals surface area contributed by atoms with Gasteiger partial charge in [0.05, 0.1) is 0 Å². The predicted octanol–water partition coefficient (Wildman–Crippen LogP) is 3.13. The van der Waals surface area contributed by atoms with Gasteiger partial charge in [0.1, 0.15) is 0 Å². The van der Waals surface area contributed by atoms with Crippen molar-refractivity contribution in [1.29, 1.82) is 0 Å². The van der Waals surface area contributed by atoms with Crippen molar-refractivity contribution >= 4 is 40.8 Å². The summed E-state index contributed by atoms with van der Waals surface area (Å²) in [6.45, 7) is 1.06. The lowest BCUT2D eigenvalue weighted by Crippen LogP contribution is -2.17. The van der Waals surface area contributed by atoms with Gasteiger partial charge in [0, 0.05) is 15.7 Å². The number of hydrogen-bond acceptors (Lipinski definition) is 3. The summed E-state index contributed by atoms with van der Waals surface area (Å²) in [4.78, 5) is 21.7. The highest BCUT2D eigenvalue weighted by molar-refractivity contribution is 6.35. The normalized spacial score (nSPS) is 9.69. The van der Waals surface area contributed by atoms with Crippen LogP contribution in [-0.4, -0.2) is 18.5 Å². The molecule has 0 aliphatic heterocycles. The topological polar surface area (TPSA) is 55.4 Å². The SMILES string of the molecule is CC(=O)COC(=O)Nc1cc(Cl)cc(Cl)c1. The molecule has 0 fully saturated rings. The van der Waals surface area contributed by atoms with Crippen LogP contribution >= 0.6 is 23.2 Å². The molecule has 0 aromatic heterocycles. The number of carbonyl (C=O) groups excluding carboxylic acids is 2. The molecule has 0 atom stereocenters. The summed E-state index contributed by atoms with van der Waals surface area (Å²) in [7, 11) is 0. The molecular formula is C10H9Cl2NO3. The van der Waals surface area contributed by atoms with Crippen LogP contribution < -0.4 is 5.32 Å². The number of amides is 1. The van der Waals surface area contributed by atoms with Gasteiger partial charge in [0.25, 0.3) is 0 Å². The van der Waals surface area contributed by atoms with Crippen LogP contribution in [0.5, 0.6) is 0 Å².